The van der Waals surface area contributed by atoms with Crippen molar-refractivity contribution < 1.29 is 4.74 Å². The molecule has 0 spiro atoms. The van der Waals surface area contributed by atoms with Gasteiger partial charge in [-0.1, -0.05) is 30.3 Å². The summed E-state index contributed by atoms with van der Waals surface area (Å²) in [6.07, 6.45) is 0. The van der Waals surface area contributed by atoms with Gasteiger partial charge in [0.15, 0.2) is 0 Å². The number of hydrogen-bond acceptors (Lipinski definition) is 1. The fourth-order valence-electron chi connectivity index (χ4n) is 2.07. The lowest BCUT2D eigenvalue weighted by molar-refractivity contribution is 0.416. The summed E-state index contributed by atoms with van der Waals surface area (Å²) in [4.78, 5) is 0. The monoisotopic (exact) mass is 226 g/mol. The second-order valence-electron chi connectivity index (χ2n) is 4.44. The average Bonchev–Trinajstić information content (AvgIpc) is 2.35. The van der Waals surface area contributed by atoms with E-state index in [1.54, 1.807) is 7.11 Å². The summed E-state index contributed by atoms with van der Waals surface area (Å²) in [7, 11) is 1.72. The molecule has 0 atom stereocenters. The summed E-state index contributed by atoms with van der Waals surface area (Å²) >= 11 is 0. The maximum Gasteiger partial charge on any atom is 0.126 e. The Morgan fingerprint density at radius 2 is 1.47 bits per heavy atom. The predicted octanol–water partition coefficient (Wildman–Crippen LogP) is 4.29. The molecule has 0 aliphatic heterocycles. The van der Waals surface area contributed by atoms with E-state index in [9.17, 15) is 0 Å². The van der Waals surface area contributed by atoms with Crippen LogP contribution in [0.15, 0.2) is 36.4 Å². The highest BCUT2D eigenvalue weighted by Crippen LogP contribution is 2.31. The maximum absolute atomic E-state index is 5.41. The van der Waals surface area contributed by atoms with Crippen LogP contribution in [-0.4, -0.2) is 7.11 Å². The first-order chi connectivity index (χ1) is 8.13. The Hall–Kier alpha value is -1.76. The molecule has 88 valence electrons. The Balaban J connectivity index is 2.61. The van der Waals surface area contributed by atoms with Crippen molar-refractivity contribution in [3.63, 3.8) is 0 Å². The van der Waals surface area contributed by atoms with E-state index in [2.05, 4.69) is 39.0 Å². The fraction of sp³-hybridized carbons (Fsp3) is 0.250. The second kappa shape index (κ2) is 4.62. The number of rotatable bonds is 2. The summed E-state index contributed by atoms with van der Waals surface area (Å²) in [5, 5.41) is 0. The standard InChI is InChI=1S/C16H18O/c1-11-9-14(10-12(2)13(11)3)15-7-5-6-8-16(15)17-4/h5-10H,1-4H3. The zero-order chi connectivity index (χ0) is 12.4. The summed E-state index contributed by atoms with van der Waals surface area (Å²) in [5.41, 5.74) is 6.39. The van der Waals surface area contributed by atoms with Crippen molar-refractivity contribution in [2.75, 3.05) is 7.11 Å². The van der Waals surface area contributed by atoms with Gasteiger partial charge in [-0.15, -0.1) is 0 Å². The maximum atomic E-state index is 5.41. The van der Waals surface area contributed by atoms with Crippen molar-refractivity contribution in [2.45, 2.75) is 20.8 Å². The van der Waals surface area contributed by atoms with E-state index in [0.29, 0.717) is 0 Å². The Kier molecular flexibility index (Phi) is 3.19. The van der Waals surface area contributed by atoms with Gasteiger partial charge in [0.2, 0.25) is 0 Å². The van der Waals surface area contributed by atoms with Gasteiger partial charge in [0.05, 0.1) is 7.11 Å². The molecule has 2 aromatic carbocycles. The number of para-hydroxylation sites is 1. The molecule has 1 nitrogen and oxygen atoms in total. The van der Waals surface area contributed by atoms with Crippen molar-refractivity contribution >= 4 is 0 Å². The van der Waals surface area contributed by atoms with Crippen molar-refractivity contribution in [3.05, 3.63) is 53.1 Å². The molecule has 0 saturated carbocycles. The minimum absolute atomic E-state index is 0.926. The molecule has 0 radical (unpaired) electrons. The van der Waals surface area contributed by atoms with Gasteiger partial charge in [-0.25, -0.2) is 0 Å². The van der Waals surface area contributed by atoms with Crippen LogP contribution in [0.25, 0.3) is 11.1 Å². The predicted molar refractivity (Wildman–Crippen MR) is 72.6 cm³/mol. The lowest BCUT2D eigenvalue weighted by Gasteiger charge is -2.12. The molecule has 0 N–H and O–H groups in total. The van der Waals surface area contributed by atoms with Crippen molar-refractivity contribution in [3.8, 4) is 16.9 Å². The molecule has 0 aromatic heterocycles. The van der Waals surface area contributed by atoms with Crippen LogP contribution >= 0.6 is 0 Å². The van der Waals surface area contributed by atoms with Crippen LogP contribution in [0.3, 0.4) is 0 Å². The minimum Gasteiger partial charge on any atom is -0.496 e. The van der Waals surface area contributed by atoms with Gasteiger partial charge >= 0.3 is 0 Å². The highest BCUT2D eigenvalue weighted by atomic mass is 16.5. The van der Waals surface area contributed by atoms with E-state index in [0.717, 1.165) is 11.3 Å². The Morgan fingerprint density at radius 3 is 2.06 bits per heavy atom. The third-order valence-corrected chi connectivity index (χ3v) is 3.35. The number of aryl methyl sites for hydroxylation is 2. The molecule has 0 unspecified atom stereocenters. The van der Waals surface area contributed by atoms with Gasteiger partial charge in [0.1, 0.15) is 5.75 Å². The molecule has 0 aliphatic carbocycles. The molecule has 0 aliphatic rings. The molecular formula is C16H18O. The number of ether oxygens (including phenoxy) is 1. The van der Waals surface area contributed by atoms with Crippen LogP contribution < -0.4 is 4.74 Å². The highest BCUT2D eigenvalue weighted by molar-refractivity contribution is 5.72. The molecular weight excluding hydrogens is 208 g/mol. The summed E-state index contributed by atoms with van der Waals surface area (Å²) < 4.78 is 5.41. The molecule has 0 heterocycles. The Labute approximate surface area is 103 Å². The van der Waals surface area contributed by atoms with Gasteiger partial charge in [0.25, 0.3) is 0 Å². The van der Waals surface area contributed by atoms with Crippen LogP contribution in [0.5, 0.6) is 5.75 Å². The van der Waals surface area contributed by atoms with Crippen LogP contribution in [0.4, 0.5) is 0 Å². The van der Waals surface area contributed by atoms with Gasteiger partial charge in [-0.3, -0.25) is 0 Å². The zero-order valence-corrected chi connectivity index (χ0v) is 10.9. The summed E-state index contributed by atoms with van der Waals surface area (Å²) in [5.74, 6) is 0.926. The smallest absolute Gasteiger partial charge is 0.126 e. The third kappa shape index (κ3) is 2.19. The van der Waals surface area contributed by atoms with Gasteiger partial charge in [-0.2, -0.15) is 0 Å². The van der Waals surface area contributed by atoms with Gasteiger partial charge in [0, 0.05) is 5.56 Å². The molecule has 1 heteroatoms. The molecule has 0 fully saturated rings. The third-order valence-electron chi connectivity index (χ3n) is 3.35. The Morgan fingerprint density at radius 1 is 0.882 bits per heavy atom. The summed E-state index contributed by atoms with van der Waals surface area (Å²) in [6, 6.07) is 12.6. The van der Waals surface area contributed by atoms with Crippen molar-refractivity contribution in [1.29, 1.82) is 0 Å². The second-order valence-corrected chi connectivity index (χ2v) is 4.44. The van der Waals surface area contributed by atoms with E-state index in [4.69, 9.17) is 4.74 Å². The quantitative estimate of drug-likeness (QED) is 0.742. The van der Waals surface area contributed by atoms with E-state index in [-0.39, 0.29) is 0 Å². The first-order valence-corrected chi connectivity index (χ1v) is 5.84. The van der Waals surface area contributed by atoms with Crippen molar-refractivity contribution in [1.82, 2.24) is 0 Å². The van der Waals surface area contributed by atoms with Crippen LogP contribution in [-0.2, 0) is 0 Å². The van der Waals surface area contributed by atoms with Gasteiger partial charge < -0.3 is 4.74 Å². The lowest BCUT2D eigenvalue weighted by Crippen LogP contribution is -1.91. The van der Waals surface area contributed by atoms with Crippen LogP contribution in [0.1, 0.15) is 16.7 Å². The fourth-order valence-corrected chi connectivity index (χ4v) is 2.07. The summed E-state index contributed by atoms with van der Waals surface area (Å²) in [6.45, 7) is 6.47. The van der Waals surface area contributed by atoms with Crippen LogP contribution in [0, 0.1) is 20.8 Å². The lowest BCUT2D eigenvalue weighted by atomic mass is 9.96. The largest absolute Gasteiger partial charge is 0.496 e. The molecule has 0 bridgehead atoms. The minimum atomic E-state index is 0.926. The topological polar surface area (TPSA) is 9.23 Å². The van der Waals surface area contributed by atoms with Crippen molar-refractivity contribution in [2.24, 2.45) is 0 Å². The Bertz CT molecular complexity index is 518. The number of benzene rings is 2. The average molecular weight is 226 g/mol. The zero-order valence-electron chi connectivity index (χ0n) is 10.9. The van der Waals surface area contributed by atoms with Crippen LogP contribution in [0.2, 0.25) is 0 Å². The van der Waals surface area contributed by atoms with E-state index < -0.39 is 0 Å². The molecule has 2 rings (SSSR count). The number of hydrogen-bond donors (Lipinski definition) is 0. The molecule has 0 saturated heterocycles. The SMILES string of the molecule is COc1ccccc1-c1cc(C)c(C)c(C)c1. The molecule has 2 aromatic rings. The molecule has 0 amide bonds. The van der Waals surface area contributed by atoms with Gasteiger partial charge in [-0.05, 0) is 49.1 Å². The van der Waals surface area contributed by atoms with E-state index in [1.165, 1.54) is 22.3 Å². The first-order valence-electron chi connectivity index (χ1n) is 5.84. The van der Waals surface area contributed by atoms with E-state index >= 15 is 0 Å². The highest BCUT2D eigenvalue weighted by Gasteiger charge is 2.07. The number of methoxy groups -OCH3 is 1. The molecule has 17 heavy (non-hydrogen) atoms. The first kappa shape index (κ1) is 11.7. The normalized spacial score (nSPS) is 10.4. The van der Waals surface area contributed by atoms with E-state index in [1.807, 2.05) is 18.2 Å².